The third-order valence-corrected chi connectivity index (χ3v) is 4.31. The minimum Gasteiger partial charge on any atom is -0.354 e. The highest BCUT2D eigenvalue weighted by atomic mass is 35.5. The first kappa shape index (κ1) is 21.0. The average Bonchev–Trinajstić information content (AvgIpc) is 3.06. The summed E-state index contributed by atoms with van der Waals surface area (Å²) in [6, 6.07) is -0.237. The maximum atomic E-state index is 13.2. The number of rotatable bonds is 5. The number of amides is 2. The van der Waals surface area contributed by atoms with Crippen LogP contribution in [0.3, 0.4) is 0 Å². The van der Waals surface area contributed by atoms with Crippen LogP contribution in [0, 0.1) is 5.92 Å². The number of likely N-dealkylation sites (tertiary alicyclic amines) is 1. The van der Waals surface area contributed by atoms with Crippen molar-refractivity contribution in [2.75, 3.05) is 26.2 Å². The van der Waals surface area contributed by atoms with E-state index < -0.39 is 18.3 Å². The summed E-state index contributed by atoms with van der Waals surface area (Å²) in [7, 11) is 0. The van der Waals surface area contributed by atoms with Crippen LogP contribution in [0.15, 0.2) is 0 Å². The highest BCUT2D eigenvalue weighted by Crippen LogP contribution is 2.28. The van der Waals surface area contributed by atoms with Gasteiger partial charge in [0.1, 0.15) is 0 Å². The van der Waals surface area contributed by atoms with Crippen molar-refractivity contribution in [3.05, 3.63) is 0 Å². The van der Waals surface area contributed by atoms with Gasteiger partial charge in [-0.1, -0.05) is 0 Å². The molecule has 0 aromatic carbocycles. The molecule has 0 radical (unpaired) electrons. The first-order valence-electron chi connectivity index (χ1n) is 7.78. The van der Waals surface area contributed by atoms with Crippen molar-refractivity contribution in [3.8, 4) is 0 Å². The Kier molecular flexibility index (Phi) is 7.72. The molecule has 2 fully saturated rings. The molecule has 0 spiro atoms. The topological polar surface area (TPSA) is 61.4 Å². The molecule has 2 amide bonds. The Labute approximate surface area is 143 Å². The molecule has 2 saturated heterocycles. The molecule has 2 rings (SSSR count). The van der Waals surface area contributed by atoms with Gasteiger partial charge in [0.2, 0.25) is 5.91 Å². The second-order valence-corrected chi connectivity index (χ2v) is 6.08. The van der Waals surface area contributed by atoms with E-state index in [9.17, 15) is 27.2 Å². The van der Waals surface area contributed by atoms with Crippen LogP contribution in [0.1, 0.15) is 25.7 Å². The van der Waals surface area contributed by atoms with E-state index in [1.54, 1.807) is 0 Å². The Hall–Kier alpha value is -1.09. The molecule has 0 aliphatic carbocycles. The van der Waals surface area contributed by atoms with Gasteiger partial charge in [-0.25, -0.2) is 8.78 Å². The second-order valence-electron chi connectivity index (χ2n) is 6.08. The summed E-state index contributed by atoms with van der Waals surface area (Å²) in [5, 5.41) is 5.78. The van der Waals surface area contributed by atoms with Crippen molar-refractivity contribution in [2.45, 2.75) is 44.1 Å². The smallest absolute Gasteiger partial charge is 0.354 e. The van der Waals surface area contributed by atoms with Crippen molar-refractivity contribution < 1.29 is 27.2 Å². The standard InChI is InChI=1S/C14H21F4N3O2.ClH/c15-12(16)14(17,18)13(23)21-6-2-3-9(8-21)7-20-11(22)10-4-1-5-19-10;/h9-10,12,19H,1-8H2,(H,20,22);1H. The molecule has 2 aliphatic heterocycles. The molecule has 24 heavy (non-hydrogen) atoms. The van der Waals surface area contributed by atoms with E-state index >= 15 is 0 Å². The van der Waals surface area contributed by atoms with Crippen molar-refractivity contribution >= 4 is 24.2 Å². The lowest BCUT2D eigenvalue weighted by molar-refractivity contribution is -0.182. The lowest BCUT2D eigenvalue weighted by atomic mass is 9.97. The van der Waals surface area contributed by atoms with E-state index in [1.165, 1.54) is 0 Å². The zero-order valence-corrected chi connectivity index (χ0v) is 13.9. The van der Waals surface area contributed by atoms with Gasteiger partial charge in [-0.15, -0.1) is 12.4 Å². The fraction of sp³-hybridized carbons (Fsp3) is 0.857. The fourth-order valence-electron chi connectivity index (χ4n) is 3.00. The van der Waals surface area contributed by atoms with Crippen LogP contribution >= 0.6 is 12.4 Å². The van der Waals surface area contributed by atoms with Crippen molar-refractivity contribution in [1.29, 1.82) is 0 Å². The van der Waals surface area contributed by atoms with Crippen molar-refractivity contribution in [2.24, 2.45) is 5.92 Å². The summed E-state index contributed by atoms with van der Waals surface area (Å²) in [5.41, 5.74) is 0. The predicted octanol–water partition coefficient (Wildman–Crippen LogP) is 1.42. The third-order valence-electron chi connectivity index (χ3n) is 4.31. The molecule has 2 heterocycles. The number of alkyl halides is 4. The lowest BCUT2D eigenvalue weighted by Gasteiger charge is -2.34. The minimum atomic E-state index is -4.65. The van der Waals surface area contributed by atoms with Crippen LogP contribution in [0.2, 0.25) is 0 Å². The van der Waals surface area contributed by atoms with Crippen LogP contribution in [-0.4, -0.2) is 61.3 Å². The summed E-state index contributed by atoms with van der Waals surface area (Å²) in [6.07, 6.45) is -1.23. The van der Waals surface area contributed by atoms with Crippen LogP contribution in [0.4, 0.5) is 17.6 Å². The van der Waals surface area contributed by atoms with Crippen molar-refractivity contribution in [1.82, 2.24) is 15.5 Å². The van der Waals surface area contributed by atoms with Gasteiger partial charge in [0, 0.05) is 19.6 Å². The van der Waals surface area contributed by atoms with Gasteiger partial charge >= 0.3 is 12.3 Å². The van der Waals surface area contributed by atoms with E-state index in [0.29, 0.717) is 12.8 Å². The highest BCUT2D eigenvalue weighted by molar-refractivity contribution is 5.85. The van der Waals surface area contributed by atoms with E-state index in [2.05, 4.69) is 10.6 Å². The predicted molar refractivity (Wildman–Crippen MR) is 81.5 cm³/mol. The molecule has 0 aromatic rings. The lowest BCUT2D eigenvalue weighted by Crippen LogP contribution is -2.52. The van der Waals surface area contributed by atoms with Gasteiger partial charge in [-0.2, -0.15) is 8.78 Å². The SMILES string of the molecule is Cl.O=C(NCC1CCCN(C(=O)C(F)(F)C(F)F)C1)C1CCCN1. The summed E-state index contributed by atoms with van der Waals surface area (Å²) in [5.74, 6) is -6.84. The molecule has 2 aliphatic rings. The third kappa shape index (κ3) is 4.95. The fourth-order valence-corrected chi connectivity index (χ4v) is 3.00. The molecule has 5 nitrogen and oxygen atoms in total. The number of nitrogens with zero attached hydrogens (tertiary/aromatic N) is 1. The Morgan fingerprint density at radius 3 is 2.54 bits per heavy atom. The number of hydrogen-bond acceptors (Lipinski definition) is 3. The Bertz CT molecular complexity index is 448. The van der Waals surface area contributed by atoms with Gasteiger partial charge in [-0.05, 0) is 38.1 Å². The van der Waals surface area contributed by atoms with Crippen LogP contribution in [0.25, 0.3) is 0 Å². The Balaban J connectivity index is 0.00000288. The molecular weight excluding hydrogens is 354 g/mol. The van der Waals surface area contributed by atoms with Gasteiger partial charge in [0.25, 0.3) is 5.91 Å². The average molecular weight is 376 g/mol. The zero-order valence-electron chi connectivity index (χ0n) is 13.1. The van der Waals surface area contributed by atoms with E-state index in [-0.39, 0.29) is 49.9 Å². The van der Waals surface area contributed by atoms with Gasteiger partial charge < -0.3 is 15.5 Å². The van der Waals surface area contributed by atoms with Crippen molar-refractivity contribution in [3.63, 3.8) is 0 Å². The van der Waals surface area contributed by atoms with Crippen LogP contribution in [0.5, 0.6) is 0 Å². The summed E-state index contributed by atoms with van der Waals surface area (Å²) >= 11 is 0. The molecule has 2 N–H and O–H groups in total. The molecule has 0 bridgehead atoms. The van der Waals surface area contributed by atoms with E-state index in [0.717, 1.165) is 24.3 Å². The molecule has 140 valence electrons. The number of piperidine rings is 1. The zero-order chi connectivity index (χ0) is 17.0. The van der Waals surface area contributed by atoms with E-state index in [1.807, 2.05) is 0 Å². The number of carbonyl (C=O) groups is 2. The summed E-state index contributed by atoms with van der Waals surface area (Å²) in [4.78, 5) is 24.2. The first-order chi connectivity index (χ1) is 10.8. The quantitative estimate of drug-likeness (QED) is 0.714. The first-order valence-corrected chi connectivity index (χ1v) is 7.78. The molecule has 2 atom stereocenters. The second kappa shape index (κ2) is 8.84. The van der Waals surface area contributed by atoms with Gasteiger partial charge in [-0.3, -0.25) is 9.59 Å². The van der Waals surface area contributed by atoms with E-state index in [4.69, 9.17) is 0 Å². The molecule has 0 saturated carbocycles. The van der Waals surface area contributed by atoms with Crippen LogP contribution < -0.4 is 10.6 Å². The maximum absolute atomic E-state index is 13.2. The maximum Gasteiger partial charge on any atom is 0.383 e. The number of nitrogens with one attached hydrogen (secondary N) is 2. The Morgan fingerprint density at radius 2 is 1.96 bits per heavy atom. The monoisotopic (exact) mass is 375 g/mol. The number of hydrogen-bond donors (Lipinski definition) is 2. The summed E-state index contributed by atoms with van der Waals surface area (Å²) < 4.78 is 50.9. The molecule has 0 aromatic heterocycles. The van der Waals surface area contributed by atoms with Crippen LogP contribution in [-0.2, 0) is 9.59 Å². The number of halogens is 5. The van der Waals surface area contributed by atoms with Gasteiger partial charge in [0.05, 0.1) is 6.04 Å². The summed E-state index contributed by atoms with van der Waals surface area (Å²) in [6.45, 7) is 1.03. The molecular formula is C14H22ClF4N3O2. The largest absolute Gasteiger partial charge is 0.383 e. The normalized spacial score (nSPS) is 24.6. The molecule has 10 heteroatoms. The van der Waals surface area contributed by atoms with Gasteiger partial charge in [0.15, 0.2) is 0 Å². The number of carbonyl (C=O) groups excluding carboxylic acids is 2. The molecule has 2 unspecified atom stereocenters. The minimum absolute atomic E-state index is 0. The Morgan fingerprint density at radius 1 is 1.25 bits per heavy atom. The highest BCUT2D eigenvalue weighted by Gasteiger charge is 2.51.